The number of fused-ring (bicyclic) bond motifs is 1. The predicted molar refractivity (Wildman–Crippen MR) is 128 cm³/mol. The average Bonchev–Trinajstić information content (AvgIpc) is 2.75. The van der Waals surface area contributed by atoms with Gasteiger partial charge in [0.05, 0.1) is 5.52 Å². The Balaban J connectivity index is 1.38. The summed E-state index contributed by atoms with van der Waals surface area (Å²) in [6.07, 6.45) is 24.6. The molecule has 1 amide bonds. The first-order chi connectivity index (χ1) is 14.8. The minimum Gasteiger partial charge on any atom is -0.370 e. The second-order valence-electron chi connectivity index (χ2n) is 8.39. The summed E-state index contributed by atoms with van der Waals surface area (Å²) in [5.74, 6) is -0.170. The summed E-state index contributed by atoms with van der Waals surface area (Å²) >= 11 is 0. The standard InChI is InChI=1S/C27H40N2O/c28-27(30)21-15-13-11-9-7-5-3-1-2-4-6-8-10-12-14-18-24-22-23-29-26-20-17-16-19-25(24)26/h1,3,16-17,19-20,22-23H,2,4-15,18,21H2,(H2,28,30)/b3-1-. The summed E-state index contributed by atoms with van der Waals surface area (Å²) in [5, 5.41) is 1.31. The van der Waals surface area contributed by atoms with Gasteiger partial charge < -0.3 is 5.73 Å². The van der Waals surface area contributed by atoms with Crippen LogP contribution in [0.1, 0.15) is 95.5 Å². The van der Waals surface area contributed by atoms with Crippen molar-refractivity contribution in [2.45, 2.75) is 96.3 Å². The summed E-state index contributed by atoms with van der Waals surface area (Å²) in [4.78, 5) is 15.1. The number of unbranched alkanes of at least 4 members (excludes halogenated alkanes) is 11. The number of nitrogens with two attached hydrogens (primary N) is 1. The largest absolute Gasteiger partial charge is 0.370 e. The molecule has 3 nitrogen and oxygen atoms in total. The van der Waals surface area contributed by atoms with E-state index >= 15 is 0 Å². The van der Waals surface area contributed by atoms with Crippen molar-refractivity contribution in [1.29, 1.82) is 0 Å². The minimum atomic E-state index is -0.170. The van der Waals surface area contributed by atoms with Crippen LogP contribution in [0.5, 0.6) is 0 Å². The third-order valence-corrected chi connectivity index (χ3v) is 5.77. The topological polar surface area (TPSA) is 56.0 Å². The monoisotopic (exact) mass is 408 g/mol. The summed E-state index contributed by atoms with van der Waals surface area (Å²) in [6, 6.07) is 10.6. The van der Waals surface area contributed by atoms with Gasteiger partial charge in [0, 0.05) is 18.0 Å². The number of benzene rings is 1. The lowest BCUT2D eigenvalue weighted by Crippen LogP contribution is -2.09. The Morgan fingerprint density at radius 2 is 1.37 bits per heavy atom. The van der Waals surface area contributed by atoms with Gasteiger partial charge in [-0.15, -0.1) is 0 Å². The molecule has 3 heteroatoms. The number of rotatable bonds is 17. The van der Waals surface area contributed by atoms with E-state index in [-0.39, 0.29) is 5.91 Å². The van der Waals surface area contributed by atoms with Crippen LogP contribution in [0, 0.1) is 0 Å². The molecule has 0 saturated heterocycles. The lowest BCUT2D eigenvalue weighted by atomic mass is 10.0. The zero-order valence-electron chi connectivity index (χ0n) is 18.7. The maximum Gasteiger partial charge on any atom is 0.217 e. The minimum absolute atomic E-state index is 0.170. The Hall–Kier alpha value is -2.16. The number of amides is 1. The number of para-hydroxylation sites is 1. The first-order valence-corrected chi connectivity index (χ1v) is 12.0. The summed E-state index contributed by atoms with van der Waals surface area (Å²) < 4.78 is 0. The molecule has 0 spiro atoms. The van der Waals surface area contributed by atoms with Crippen LogP contribution in [-0.2, 0) is 11.2 Å². The molecule has 0 aliphatic carbocycles. The van der Waals surface area contributed by atoms with Crippen LogP contribution in [0.4, 0.5) is 0 Å². The molecule has 0 aliphatic rings. The molecule has 2 N–H and O–H groups in total. The van der Waals surface area contributed by atoms with E-state index in [9.17, 15) is 4.79 Å². The first-order valence-electron chi connectivity index (χ1n) is 12.0. The van der Waals surface area contributed by atoms with Gasteiger partial charge in [-0.05, 0) is 62.6 Å². The van der Waals surface area contributed by atoms with Gasteiger partial charge in [-0.25, -0.2) is 0 Å². The lowest BCUT2D eigenvalue weighted by Gasteiger charge is -2.06. The van der Waals surface area contributed by atoms with E-state index in [1.807, 2.05) is 6.20 Å². The number of pyridine rings is 1. The Morgan fingerprint density at radius 3 is 2.07 bits per heavy atom. The van der Waals surface area contributed by atoms with Crippen LogP contribution in [0.3, 0.4) is 0 Å². The predicted octanol–water partition coefficient (Wildman–Crippen LogP) is 7.28. The number of aryl methyl sites for hydroxylation is 1. The van der Waals surface area contributed by atoms with Gasteiger partial charge in [-0.3, -0.25) is 9.78 Å². The molecular weight excluding hydrogens is 368 g/mol. The zero-order valence-corrected chi connectivity index (χ0v) is 18.7. The van der Waals surface area contributed by atoms with E-state index in [1.54, 1.807) is 0 Å². The lowest BCUT2D eigenvalue weighted by molar-refractivity contribution is -0.118. The highest BCUT2D eigenvalue weighted by atomic mass is 16.1. The molecule has 0 bridgehead atoms. The van der Waals surface area contributed by atoms with Crippen molar-refractivity contribution in [2.75, 3.05) is 0 Å². The van der Waals surface area contributed by atoms with Gasteiger partial charge in [0.2, 0.25) is 5.91 Å². The van der Waals surface area contributed by atoms with E-state index in [1.165, 1.54) is 81.6 Å². The maximum atomic E-state index is 10.7. The first kappa shape index (κ1) is 24.1. The van der Waals surface area contributed by atoms with E-state index in [4.69, 9.17) is 5.73 Å². The molecular formula is C27H40N2O. The normalized spacial score (nSPS) is 11.5. The molecule has 1 heterocycles. The third-order valence-electron chi connectivity index (χ3n) is 5.77. The Bertz CT molecular complexity index is 748. The van der Waals surface area contributed by atoms with E-state index in [0.717, 1.165) is 24.8 Å². The average molecular weight is 409 g/mol. The SMILES string of the molecule is NC(=O)CCCCCCC/C=C\CCCCCCCCc1ccnc2ccccc12. The fraction of sp³-hybridized carbons (Fsp3) is 0.556. The van der Waals surface area contributed by atoms with Crippen molar-refractivity contribution in [1.82, 2.24) is 4.98 Å². The number of primary amides is 1. The number of carbonyl (C=O) groups excluding carboxylic acids is 1. The number of aromatic nitrogens is 1. The van der Waals surface area contributed by atoms with Gasteiger partial charge in [-0.1, -0.05) is 75.3 Å². The molecule has 30 heavy (non-hydrogen) atoms. The van der Waals surface area contributed by atoms with Crippen molar-refractivity contribution in [3.8, 4) is 0 Å². The Labute approximate surface area is 183 Å². The van der Waals surface area contributed by atoms with Gasteiger partial charge >= 0.3 is 0 Å². The van der Waals surface area contributed by atoms with E-state index < -0.39 is 0 Å². The highest BCUT2D eigenvalue weighted by molar-refractivity contribution is 5.81. The molecule has 164 valence electrons. The summed E-state index contributed by atoms with van der Waals surface area (Å²) in [5.41, 5.74) is 7.70. The molecule has 1 aromatic carbocycles. The second-order valence-corrected chi connectivity index (χ2v) is 8.39. The molecule has 0 fully saturated rings. The van der Waals surface area contributed by atoms with Gasteiger partial charge in [0.25, 0.3) is 0 Å². The van der Waals surface area contributed by atoms with Gasteiger partial charge in [0.1, 0.15) is 0 Å². The number of hydrogen-bond acceptors (Lipinski definition) is 2. The van der Waals surface area contributed by atoms with Crippen molar-refractivity contribution >= 4 is 16.8 Å². The van der Waals surface area contributed by atoms with Crippen LogP contribution >= 0.6 is 0 Å². The highest BCUT2D eigenvalue weighted by Crippen LogP contribution is 2.19. The van der Waals surface area contributed by atoms with Crippen molar-refractivity contribution in [3.63, 3.8) is 0 Å². The van der Waals surface area contributed by atoms with Crippen molar-refractivity contribution < 1.29 is 4.79 Å². The van der Waals surface area contributed by atoms with E-state index in [2.05, 4.69) is 47.5 Å². The van der Waals surface area contributed by atoms with Crippen molar-refractivity contribution in [2.24, 2.45) is 5.73 Å². The number of allylic oxidation sites excluding steroid dienone is 2. The van der Waals surface area contributed by atoms with Crippen LogP contribution in [-0.4, -0.2) is 10.9 Å². The van der Waals surface area contributed by atoms with Crippen LogP contribution in [0.15, 0.2) is 48.7 Å². The molecule has 0 aliphatic heterocycles. The third kappa shape index (κ3) is 10.6. The summed E-state index contributed by atoms with van der Waals surface area (Å²) in [6.45, 7) is 0. The number of hydrogen-bond donors (Lipinski definition) is 1. The molecule has 0 saturated carbocycles. The van der Waals surface area contributed by atoms with Gasteiger partial charge in [0.15, 0.2) is 0 Å². The van der Waals surface area contributed by atoms with Crippen LogP contribution in [0.25, 0.3) is 10.9 Å². The Kier molecular flexibility index (Phi) is 12.6. The maximum absolute atomic E-state index is 10.7. The van der Waals surface area contributed by atoms with Crippen molar-refractivity contribution in [3.05, 3.63) is 54.2 Å². The fourth-order valence-electron chi connectivity index (χ4n) is 3.99. The second kappa shape index (κ2) is 15.6. The van der Waals surface area contributed by atoms with Crippen LogP contribution < -0.4 is 5.73 Å². The molecule has 2 rings (SSSR count). The highest BCUT2D eigenvalue weighted by Gasteiger charge is 2.01. The Morgan fingerprint density at radius 1 is 0.767 bits per heavy atom. The van der Waals surface area contributed by atoms with Crippen LogP contribution in [0.2, 0.25) is 0 Å². The molecule has 1 aromatic heterocycles. The molecule has 0 unspecified atom stereocenters. The quantitative estimate of drug-likeness (QED) is 0.221. The number of carbonyl (C=O) groups is 1. The van der Waals surface area contributed by atoms with Gasteiger partial charge in [-0.2, -0.15) is 0 Å². The molecule has 0 radical (unpaired) electrons. The smallest absolute Gasteiger partial charge is 0.217 e. The summed E-state index contributed by atoms with van der Waals surface area (Å²) in [7, 11) is 0. The fourth-order valence-corrected chi connectivity index (χ4v) is 3.99. The van der Waals surface area contributed by atoms with E-state index in [0.29, 0.717) is 6.42 Å². The molecule has 0 atom stereocenters. The number of nitrogens with zero attached hydrogens (tertiary/aromatic N) is 1. The molecule has 2 aromatic rings. The zero-order chi connectivity index (χ0) is 21.3.